The van der Waals surface area contributed by atoms with E-state index in [4.69, 9.17) is 9.47 Å². The van der Waals surface area contributed by atoms with E-state index < -0.39 is 5.41 Å². The van der Waals surface area contributed by atoms with Crippen molar-refractivity contribution in [3.05, 3.63) is 0 Å². The van der Waals surface area contributed by atoms with Crippen LogP contribution in [-0.4, -0.2) is 32.7 Å². The first kappa shape index (κ1) is 12.2. The summed E-state index contributed by atoms with van der Waals surface area (Å²) in [4.78, 5) is 0. The van der Waals surface area contributed by atoms with Gasteiger partial charge in [0.2, 0.25) is 0 Å². The Bertz CT molecular complexity index is 92.3. The zero-order chi connectivity index (χ0) is 8.74. The molecular formula is C6H13IO2SSi. The van der Waals surface area contributed by atoms with Gasteiger partial charge in [0.05, 0.1) is 0 Å². The Morgan fingerprint density at radius 3 is 2.27 bits per heavy atom. The molecule has 11 heavy (non-hydrogen) atoms. The molecular weight excluding hydrogens is 291 g/mol. The fourth-order valence-corrected chi connectivity index (χ4v) is 2.47. The molecule has 0 saturated heterocycles. The Kier molecular flexibility index (Phi) is 7.44. The molecule has 0 fully saturated rings. The van der Waals surface area contributed by atoms with Gasteiger partial charge in [0.25, 0.3) is 0 Å². The minimum Gasteiger partial charge on any atom is -0.356 e. The Morgan fingerprint density at radius 2 is 2.00 bits per heavy atom. The van der Waals surface area contributed by atoms with Gasteiger partial charge in [-0.15, -0.1) is 0 Å². The zero-order valence-corrected chi connectivity index (χ0v) is 10.8. The smallest absolute Gasteiger partial charge is 0.197 e. The average Bonchev–Trinajstić information content (AvgIpc) is 2.08. The summed E-state index contributed by atoms with van der Waals surface area (Å²) in [6.07, 6.45) is 2.03. The third-order valence-electron chi connectivity index (χ3n) is 1.47. The average molecular weight is 304 g/mol. The van der Waals surface area contributed by atoms with E-state index >= 15 is 0 Å². The van der Waals surface area contributed by atoms with Gasteiger partial charge in [-0.1, -0.05) is 22.6 Å². The van der Waals surface area contributed by atoms with Crippen molar-refractivity contribution in [2.45, 2.75) is 18.3 Å². The largest absolute Gasteiger partial charge is 0.356 e. The highest BCUT2D eigenvalue weighted by molar-refractivity contribution is 14.1. The fourth-order valence-electron chi connectivity index (χ4n) is 0.734. The summed E-state index contributed by atoms with van der Waals surface area (Å²) in [6, 6.07) is 0. The van der Waals surface area contributed by atoms with Gasteiger partial charge in [-0.3, -0.25) is 0 Å². The lowest BCUT2D eigenvalue weighted by Crippen LogP contribution is -2.38. The van der Waals surface area contributed by atoms with E-state index in [1.54, 1.807) is 14.2 Å². The predicted octanol–water partition coefficient (Wildman–Crippen LogP) is 1.70. The SMILES string of the molecule is COC(CCCI)(OC)[Si]S. The van der Waals surface area contributed by atoms with Crippen LogP contribution in [0.5, 0.6) is 0 Å². The number of ether oxygens (including phenoxy) is 2. The first-order chi connectivity index (χ1) is 5.24. The van der Waals surface area contributed by atoms with Gasteiger partial charge in [0.1, 0.15) is 0 Å². The number of thiol groups is 1. The lowest BCUT2D eigenvalue weighted by atomic mass is 10.3. The molecule has 2 nitrogen and oxygen atoms in total. The minimum atomic E-state index is -0.436. The number of methoxy groups -OCH3 is 2. The topological polar surface area (TPSA) is 18.5 Å². The first-order valence-corrected chi connectivity index (χ1v) is 7.13. The molecule has 66 valence electrons. The molecule has 5 heteroatoms. The van der Waals surface area contributed by atoms with E-state index in [2.05, 4.69) is 34.7 Å². The Morgan fingerprint density at radius 1 is 1.45 bits per heavy atom. The number of hydrogen-bond acceptors (Lipinski definition) is 3. The van der Waals surface area contributed by atoms with Crippen LogP contribution in [0.1, 0.15) is 12.8 Å². The van der Waals surface area contributed by atoms with Crippen LogP contribution >= 0.6 is 34.7 Å². The number of halogens is 1. The minimum absolute atomic E-state index is 0.376. The molecule has 2 radical (unpaired) electrons. The van der Waals surface area contributed by atoms with E-state index in [1.807, 2.05) is 0 Å². The highest BCUT2D eigenvalue weighted by atomic mass is 127. The van der Waals surface area contributed by atoms with E-state index in [9.17, 15) is 0 Å². The van der Waals surface area contributed by atoms with Crippen LogP contribution in [-0.2, 0) is 9.47 Å². The Labute approximate surface area is 89.4 Å². The van der Waals surface area contributed by atoms with Gasteiger partial charge in [-0.25, -0.2) is 0 Å². The normalized spacial score (nSPS) is 12.0. The van der Waals surface area contributed by atoms with Gasteiger partial charge in [-0.2, -0.15) is 12.1 Å². The molecule has 0 aromatic rings. The second-order valence-electron chi connectivity index (χ2n) is 2.07. The molecule has 0 unspecified atom stereocenters. The summed E-state index contributed by atoms with van der Waals surface area (Å²) in [7, 11) is 3.71. The fraction of sp³-hybridized carbons (Fsp3) is 1.00. The van der Waals surface area contributed by atoms with Gasteiger partial charge in [-0.05, 0) is 17.3 Å². The van der Waals surface area contributed by atoms with E-state index in [1.165, 1.54) is 0 Å². The van der Waals surface area contributed by atoms with Crippen molar-refractivity contribution >= 4 is 43.3 Å². The van der Waals surface area contributed by atoms with E-state index in [0.29, 0.717) is 8.67 Å². The van der Waals surface area contributed by atoms with Crippen molar-refractivity contribution in [2.75, 3.05) is 18.6 Å². The molecule has 0 aromatic carbocycles. The first-order valence-electron chi connectivity index (χ1n) is 3.32. The second kappa shape index (κ2) is 6.70. The predicted molar refractivity (Wildman–Crippen MR) is 59.6 cm³/mol. The molecule has 0 rings (SSSR count). The van der Waals surface area contributed by atoms with Crippen LogP contribution in [0.2, 0.25) is 0 Å². The lowest BCUT2D eigenvalue weighted by molar-refractivity contribution is -0.146. The zero-order valence-electron chi connectivity index (χ0n) is 6.76. The number of alkyl halides is 1. The summed E-state index contributed by atoms with van der Waals surface area (Å²) in [5, 5.41) is 0. The standard InChI is InChI=1S/C6H13IO2SSi/c1-8-6(9-2,11-10)4-3-5-7/h10H,3-5H2,1-2H3. The molecule has 0 aliphatic heterocycles. The Hall–Kier alpha value is 1.22. The molecule has 0 heterocycles. The maximum Gasteiger partial charge on any atom is 0.197 e. The molecule has 0 amide bonds. The highest BCUT2D eigenvalue weighted by Gasteiger charge is 2.27. The lowest BCUT2D eigenvalue weighted by Gasteiger charge is -2.28. The second-order valence-corrected chi connectivity index (χ2v) is 4.80. The third kappa shape index (κ3) is 4.12. The quantitative estimate of drug-likeness (QED) is 0.265. The maximum atomic E-state index is 5.25. The maximum absolute atomic E-state index is 5.25. The van der Waals surface area contributed by atoms with Crippen molar-refractivity contribution in [1.82, 2.24) is 0 Å². The molecule has 0 aromatic heterocycles. The molecule has 0 aliphatic rings. The van der Waals surface area contributed by atoms with Crippen LogP contribution in [0.3, 0.4) is 0 Å². The van der Waals surface area contributed by atoms with Crippen molar-refractivity contribution in [1.29, 1.82) is 0 Å². The van der Waals surface area contributed by atoms with Crippen LogP contribution < -0.4 is 0 Å². The van der Waals surface area contributed by atoms with Crippen molar-refractivity contribution in [3.63, 3.8) is 0 Å². The summed E-state index contributed by atoms with van der Waals surface area (Å²) in [5.74, 6) is 0. The molecule has 0 spiro atoms. The van der Waals surface area contributed by atoms with Crippen molar-refractivity contribution in [3.8, 4) is 0 Å². The number of rotatable bonds is 6. The van der Waals surface area contributed by atoms with Crippen LogP contribution in [0.4, 0.5) is 0 Å². The molecule has 0 atom stereocenters. The molecule has 0 saturated carbocycles. The molecule has 0 bridgehead atoms. The van der Waals surface area contributed by atoms with Crippen LogP contribution in [0.25, 0.3) is 0 Å². The van der Waals surface area contributed by atoms with Gasteiger partial charge in [0.15, 0.2) is 14.1 Å². The third-order valence-corrected chi connectivity index (χ3v) is 4.25. The van der Waals surface area contributed by atoms with Gasteiger partial charge >= 0.3 is 0 Å². The molecule has 0 N–H and O–H groups in total. The van der Waals surface area contributed by atoms with E-state index in [-0.39, 0.29) is 0 Å². The summed E-state index contributed by atoms with van der Waals surface area (Å²) >= 11 is 6.55. The Balaban J connectivity index is 3.84. The number of hydrogen-bond donors (Lipinski definition) is 1. The summed E-state index contributed by atoms with van der Waals surface area (Å²) in [6.45, 7) is 0. The van der Waals surface area contributed by atoms with Gasteiger partial charge < -0.3 is 9.47 Å². The van der Waals surface area contributed by atoms with Crippen molar-refractivity contribution in [2.24, 2.45) is 0 Å². The summed E-state index contributed by atoms with van der Waals surface area (Å²) in [5.41, 5.74) is -0.436. The highest BCUT2D eigenvalue weighted by Crippen LogP contribution is 2.18. The van der Waals surface area contributed by atoms with Crippen LogP contribution in [0, 0.1) is 0 Å². The summed E-state index contributed by atoms with van der Waals surface area (Å²) < 4.78 is 11.6. The van der Waals surface area contributed by atoms with Gasteiger partial charge in [0, 0.05) is 14.2 Å². The molecule has 0 aliphatic carbocycles. The van der Waals surface area contributed by atoms with Crippen molar-refractivity contribution < 1.29 is 9.47 Å². The van der Waals surface area contributed by atoms with Crippen LogP contribution in [0.15, 0.2) is 0 Å². The monoisotopic (exact) mass is 304 g/mol. The van der Waals surface area contributed by atoms with E-state index in [0.717, 1.165) is 17.3 Å².